The third-order valence-electron chi connectivity index (χ3n) is 6.52. The van der Waals surface area contributed by atoms with Crippen molar-refractivity contribution in [3.8, 4) is 11.5 Å². The van der Waals surface area contributed by atoms with Gasteiger partial charge in [0.2, 0.25) is 0 Å². The van der Waals surface area contributed by atoms with Gasteiger partial charge in [-0.15, -0.1) is 0 Å². The second-order valence-electron chi connectivity index (χ2n) is 7.51. The summed E-state index contributed by atoms with van der Waals surface area (Å²) in [7, 11) is 5.60. The molecule has 0 saturated carbocycles. The van der Waals surface area contributed by atoms with Gasteiger partial charge in [0, 0.05) is 18.0 Å². The van der Waals surface area contributed by atoms with E-state index in [4.69, 9.17) is 14.2 Å². The summed E-state index contributed by atoms with van der Waals surface area (Å²) < 4.78 is 18.0. The fourth-order valence-corrected chi connectivity index (χ4v) is 5.44. The maximum Gasteiger partial charge on any atom is 0.173 e. The molecule has 1 aliphatic heterocycles. The summed E-state index contributed by atoms with van der Waals surface area (Å²) in [5.41, 5.74) is 2.71. The van der Waals surface area contributed by atoms with Gasteiger partial charge in [-0.25, -0.2) is 0 Å². The normalized spacial score (nSPS) is 29.3. The van der Waals surface area contributed by atoms with E-state index in [2.05, 4.69) is 31.4 Å². The van der Waals surface area contributed by atoms with Crippen LogP contribution in [0.25, 0.3) is 0 Å². The number of unbranched alkanes of at least 4 members (excludes halogenated alkanes) is 1. The number of nitrogens with one attached hydrogen (secondary N) is 1. The minimum atomic E-state index is -0.0647. The largest absolute Gasteiger partial charge is 0.498 e. The molecule has 0 amide bonds. The molecule has 1 aromatic carbocycles. The number of benzene rings is 1. The molecule has 0 aromatic heterocycles. The first-order valence-electron chi connectivity index (χ1n) is 9.54. The van der Waals surface area contributed by atoms with Crippen LogP contribution in [0.2, 0.25) is 0 Å². The predicted molar refractivity (Wildman–Crippen MR) is 98.1 cm³/mol. The lowest BCUT2D eigenvalue weighted by molar-refractivity contribution is 0.120. The van der Waals surface area contributed by atoms with Gasteiger partial charge >= 0.3 is 0 Å². The van der Waals surface area contributed by atoms with Crippen LogP contribution in [-0.4, -0.2) is 27.3 Å². The molecule has 1 N–H and O–H groups in total. The molecular weight excluding hydrogens is 314 g/mol. The monoisotopic (exact) mass is 343 g/mol. The number of hydrogen-bond acceptors (Lipinski definition) is 4. The van der Waals surface area contributed by atoms with Crippen LogP contribution in [0, 0.1) is 5.92 Å². The Kier molecular flexibility index (Phi) is 4.19. The van der Waals surface area contributed by atoms with Gasteiger partial charge in [0.25, 0.3) is 0 Å². The zero-order valence-corrected chi connectivity index (χ0v) is 15.8. The lowest BCUT2D eigenvalue weighted by Gasteiger charge is -2.49. The van der Waals surface area contributed by atoms with Crippen LogP contribution in [0.5, 0.6) is 11.5 Å². The maximum absolute atomic E-state index is 6.52. The van der Waals surface area contributed by atoms with Crippen LogP contribution in [0.1, 0.15) is 50.2 Å². The molecule has 0 spiro atoms. The Hall–Kier alpha value is -1.68. The Balaban J connectivity index is 2.00. The molecule has 0 bridgehead atoms. The van der Waals surface area contributed by atoms with E-state index in [1.807, 2.05) is 0 Å². The van der Waals surface area contributed by atoms with Gasteiger partial charge in [-0.05, 0) is 43.9 Å². The highest BCUT2D eigenvalue weighted by molar-refractivity contribution is 5.64. The summed E-state index contributed by atoms with van der Waals surface area (Å²) in [5.74, 6) is 4.39. The van der Waals surface area contributed by atoms with E-state index in [9.17, 15) is 0 Å². The molecule has 3 aliphatic rings. The van der Waals surface area contributed by atoms with Crippen molar-refractivity contribution >= 4 is 0 Å². The van der Waals surface area contributed by atoms with Gasteiger partial charge in [-0.2, -0.15) is 0 Å². The highest BCUT2D eigenvalue weighted by atomic mass is 16.5. The summed E-state index contributed by atoms with van der Waals surface area (Å²) in [5, 5.41) is 3.60. The molecule has 3 atom stereocenters. The van der Waals surface area contributed by atoms with Crippen LogP contribution in [-0.2, 0) is 16.6 Å². The molecule has 136 valence electrons. The molecule has 2 aliphatic carbocycles. The molecule has 4 nitrogen and oxygen atoms in total. The molecule has 4 heteroatoms. The summed E-state index contributed by atoms with van der Waals surface area (Å²) in [6.45, 7) is 2.26. The van der Waals surface area contributed by atoms with Crippen molar-refractivity contribution in [1.82, 2.24) is 5.32 Å². The van der Waals surface area contributed by atoms with Gasteiger partial charge in [-0.1, -0.05) is 25.8 Å². The van der Waals surface area contributed by atoms with E-state index in [-0.39, 0.29) is 5.41 Å². The van der Waals surface area contributed by atoms with Crippen LogP contribution in [0.3, 0.4) is 0 Å². The minimum Gasteiger partial charge on any atom is -0.498 e. The molecular formula is C21H29NO3. The van der Waals surface area contributed by atoms with Crippen LogP contribution >= 0.6 is 0 Å². The molecule has 0 radical (unpaired) electrons. The Morgan fingerprint density at radius 3 is 2.80 bits per heavy atom. The first kappa shape index (κ1) is 16.8. The van der Waals surface area contributed by atoms with E-state index in [1.54, 1.807) is 14.2 Å². The zero-order chi connectivity index (χ0) is 17.6. The third-order valence-corrected chi connectivity index (χ3v) is 6.52. The third kappa shape index (κ3) is 2.16. The van der Waals surface area contributed by atoms with E-state index < -0.39 is 0 Å². The van der Waals surface area contributed by atoms with Gasteiger partial charge in [0.1, 0.15) is 5.76 Å². The average Bonchev–Trinajstić information content (AvgIpc) is 3.00. The number of likely N-dealkylation sites (N-methyl/N-ethyl adjacent to an activating group) is 1. The lowest BCUT2D eigenvalue weighted by Crippen LogP contribution is -2.53. The fourth-order valence-electron chi connectivity index (χ4n) is 5.44. The van der Waals surface area contributed by atoms with Crippen LogP contribution < -0.4 is 14.8 Å². The first-order valence-corrected chi connectivity index (χ1v) is 9.54. The lowest BCUT2D eigenvalue weighted by atomic mass is 9.55. The summed E-state index contributed by atoms with van der Waals surface area (Å²) >= 11 is 0. The second-order valence-corrected chi connectivity index (χ2v) is 7.51. The summed E-state index contributed by atoms with van der Waals surface area (Å²) in [6, 6.07) is 4.76. The van der Waals surface area contributed by atoms with Crippen molar-refractivity contribution in [3.63, 3.8) is 0 Å². The molecule has 4 rings (SSSR count). The maximum atomic E-state index is 6.52. The Labute approximate surface area is 150 Å². The smallest absolute Gasteiger partial charge is 0.173 e. The van der Waals surface area contributed by atoms with Crippen molar-refractivity contribution in [3.05, 3.63) is 34.8 Å². The van der Waals surface area contributed by atoms with E-state index in [0.717, 1.165) is 48.7 Å². The number of methoxy groups -OCH3 is 2. The van der Waals surface area contributed by atoms with Gasteiger partial charge in [-0.3, -0.25) is 0 Å². The number of rotatable bonds is 6. The standard InChI is InChI=1S/C21H29NO3/c1-5-6-11-21-14-8-10-17(24-4)20(21)25-19-16(23-3)9-7-13(18(19)21)12-15(14)22-2/h7,9,14-15,22H,5-6,8,10-12H2,1-4H3/t14?,15?,21-/m1/s1. The van der Waals surface area contributed by atoms with Crippen molar-refractivity contribution in [1.29, 1.82) is 0 Å². The fraction of sp³-hybridized carbons (Fsp3) is 0.619. The average molecular weight is 343 g/mol. The molecule has 0 saturated heterocycles. The first-order chi connectivity index (χ1) is 12.2. The van der Waals surface area contributed by atoms with Gasteiger partial charge < -0.3 is 19.5 Å². The molecule has 0 fully saturated rings. The second kappa shape index (κ2) is 6.24. The molecule has 1 heterocycles. The van der Waals surface area contributed by atoms with E-state index >= 15 is 0 Å². The SMILES string of the molecule is CCCC[C@@]12C3=C(OC)CCC1C(NC)Cc1ccc(OC)c(c12)O3. The Morgan fingerprint density at radius 2 is 2.12 bits per heavy atom. The topological polar surface area (TPSA) is 39.7 Å². The highest BCUT2D eigenvalue weighted by Gasteiger charge is 2.59. The van der Waals surface area contributed by atoms with Gasteiger partial charge in [0.05, 0.1) is 19.6 Å². The quantitative estimate of drug-likeness (QED) is 0.850. The minimum absolute atomic E-state index is 0.0647. The predicted octanol–water partition coefficient (Wildman–Crippen LogP) is 3.93. The Bertz CT molecular complexity index is 711. The van der Waals surface area contributed by atoms with Crippen molar-refractivity contribution in [2.45, 2.75) is 56.9 Å². The molecule has 1 aromatic rings. The van der Waals surface area contributed by atoms with Crippen molar-refractivity contribution in [2.24, 2.45) is 5.92 Å². The van der Waals surface area contributed by atoms with E-state index in [0.29, 0.717) is 12.0 Å². The molecule has 25 heavy (non-hydrogen) atoms. The number of allylic oxidation sites excluding steroid dienone is 2. The van der Waals surface area contributed by atoms with Gasteiger partial charge in [0.15, 0.2) is 17.3 Å². The van der Waals surface area contributed by atoms with Crippen LogP contribution in [0.4, 0.5) is 0 Å². The molecule has 2 unspecified atom stereocenters. The summed E-state index contributed by atoms with van der Waals surface area (Å²) in [6.07, 6.45) is 6.63. The Morgan fingerprint density at radius 1 is 1.28 bits per heavy atom. The summed E-state index contributed by atoms with van der Waals surface area (Å²) in [4.78, 5) is 0. The zero-order valence-electron chi connectivity index (χ0n) is 15.8. The van der Waals surface area contributed by atoms with Crippen molar-refractivity contribution in [2.75, 3.05) is 21.3 Å². The number of ether oxygens (including phenoxy) is 3. The van der Waals surface area contributed by atoms with E-state index in [1.165, 1.54) is 24.0 Å². The van der Waals surface area contributed by atoms with Crippen molar-refractivity contribution < 1.29 is 14.2 Å². The highest BCUT2D eigenvalue weighted by Crippen LogP contribution is 2.63. The number of hydrogen-bond donors (Lipinski definition) is 1. The van der Waals surface area contributed by atoms with Crippen LogP contribution in [0.15, 0.2) is 23.7 Å².